The van der Waals surface area contributed by atoms with Gasteiger partial charge in [0.1, 0.15) is 0 Å². The Morgan fingerprint density at radius 1 is 1.62 bits per heavy atom. The van der Waals surface area contributed by atoms with Crippen molar-refractivity contribution in [1.29, 1.82) is 0 Å². The summed E-state index contributed by atoms with van der Waals surface area (Å²) in [4.78, 5) is -0.754. The van der Waals surface area contributed by atoms with Crippen LogP contribution in [0.5, 0.6) is 0 Å². The second-order valence-electron chi connectivity index (χ2n) is 1.86. The van der Waals surface area contributed by atoms with E-state index < -0.39 is 4.87 Å². The summed E-state index contributed by atoms with van der Waals surface area (Å²) in [5.41, 5.74) is 0. The van der Waals surface area contributed by atoms with Crippen LogP contribution in [-0.4, -0.2) is 15.3 Å². The number of hydrogen-bond acceptors (Lipinski definition) is 2. The fraction of sp³-hybridized carbons (Fsp3) is 0.750. The van der Waals surface area contributed by atoms with Crippen molar-refractivity contribution < 1.29 is 5.21 Å². The van der Waals surface area contributed by atoms with Gasteiger partial charge in [-0.05, 0) is 13.8 Å². The minimum absolute atomic E-state index is 0.000772. The van der Waals surface area contributed by atoms with Gasteiger partial charge in [-0.1, -0.05) is 16.8 Å². The number of hydrogen-bond donors (Lipinski definition) is 1. The van der Waals surface area contributed by atoms with E-state index in [-0.39, 0.29) is 5.17 Å². The van der Waals surface area contributed by atoms with E-state index >= 15 is 0 Å². The highest BCUT2D eigenvalue weighted by Gasteiger charge is 2.19. The SMILES string of the molecule is CC(C)(Cl)/C(Cl)=N/O. The van der Waals surface area contributed by atoms with E-state index in [2.05, 4.69) is 5.16 Å². The summed E-state index contributed by atoms with van der Waals surface area (Å²) < 4.78 is 0. The van der Waals surface area contributed by atoms with E-state index in [9.17, 15) is 0 Å². The van der Waals surface area contributed by atoms with Crippen LogP contribution in [0.1, 0.15) is 13.8 Å². The second-order valence-corrected chi connectivity index (χ2v) is 3.17. The molecule has 0 spiro atoms. The standard InChI is InChI=1S/C4H7Cl2NO/c1-4(2,6)3(5)7-8/h8H,1-2H3/b7-3-. The fourth-order valence-electron chi connectivity index (χ4n) is 0.119. The van der Waals surface area contributed by atoms with E-state index in [0.29, 0.717) is 0 Å². The molecule has 0 saturated heterocycles. The third-order valence-corrected chi connectivity index (χ3v) is 1.40. The highest BCUT2D eigenvalue weighted by Crippen LogP contribution is 2.16. The summed E-state index contributed by atoms with van der Waals surface area (Å²) in [6.07, 6.45) is 0. The van der Waals surface area contributed by atoms with Crippen LogP contribution in [0.15, 0.2) is 5.16 Å². The number of nitrogens with zero attached hydrogens (tertiary/aromatic N) is 1. The Balaban J connectivity index is 4.03. The molecular weight excluding hydrogens is 149 g/mol. The minimum Gasteiger partial charge on any atom is -0.410 e. The van der Waals surface area contributed by atoms with Gasteiger partial charge in [-0.2, -0.15) is 0 Å². The summed E-state index contributed by atoms with van der Waals surface area (Å²) in [6.45, 7) is 3.27. The Labute approximate surface area is 58.1 Å². The molecule has 0 heterocycles. The average Bonchev–Trinajstić information content (AvgIpc) is 1.62. The molecule has 2 nitrogen and oxygen atoms in total. The molecule has 0 aliphatic rings. The van der Waals surface area contributed by atoms with Gasteiger partial charge in [0.05, 0.1) is 4.87 Å². The van der Waals surface area contributed by atoms with Gasteiger partial charge in [-0.3, -0.25) is 0 Å². The first-order valence-electron chi connectivity index (χ1n) is 2.05. The van der Waals surface area contributed by atoms with Crippen LogP contribution >= 0.6 is 23.2 Å². The molecule has 0 aromatic carbocycles. The molecule has 1 N–H and O–H groups in total. The van der Waals surface area contributed by atoms with Gasteiger partial charge < -0.3 is 5.21 Å². The molecule has 0 aromatic rings. The van der Waals surface area contributed by atoms with E-state index in [1.54, 1.807) is 13.8 Å². The number of oxime groups is 1. The third kappa shape index (κ3) is 2.38. The Hall–Kier alpha value is 0.0500. The molecule has 48 valence electrons. The first-order valence-corrected chi connectivity index (χ1v) is 2.81. The molecule has 0 saturated carbocycles. The van der Waals surface area contributed by atoms with Crippen molar-refractivity contribution in [3.8, 4) is 0 Å². The van der Waals surface area contributed by atoms with Gasteiger partial charge >= 0.3 is 0 Å². The lowest BCUT2D eigenvalue weighted by molar-refractivity contribution is 0.318. The highest BCUT2D eigenvalue weighted by atomic mass is 35.5. The lowest BCUT2D eigenvalue weighted by atomic mass is 10.2. The zero-order valence-electron chi connectivity index (χ0n) is 4.65. The Morgan fingerprint density at radius 2 is 2.00 bits per heavy atom. The third-order valence-electron chi connectivity index (χ3n) is 0.578. The second kappa shape index (κ2) is 2.55. The van der Waals surface area contributed by atoms with Crippen LogP contribution in [0.3, 0.4) is 0 Å². The van der Waals surface area contributed by atoms with Gasteiger partial charge in [0.15, 0.2) is 5.17 Å². The topological polar surface area (TPSA) is 32.6 Å². The molecule has 0 atom stereocenters. The van der Waals surface area contributed by atoms with E-state index in [0.717, 1.165) is 0 Å². The molecular formula is C4H7Cl2NO. The predicted octanol–water partition coefficient (Wildman–Crippen LogP) is 2.03. The smallest absolute Gasteiger partial charge is 0.165 e. The molecule has 0 aromatic heterocycles. The molecule has 0 fully saturated rings. The molecule has 0 unspecified atom stereocenters. The summed E-state index contributed by atoms with van der Waals surface area (Å²) in [5.74, 6) is 0. The fourth-order valence-corrected chi connectivity index (χ4v) is 0.157. The predicted molar refractivity (Wildman–Crippen MR) is 35.0 cm³/mol. The number of alkyl halides is 1. The van der Waals surface area contributed by atoms with Crippen LogP contribution in [0.2, 0.25) is 0 Å². The van der Waals surface area contributed by atoms with Crippen LogP contribution in [0, 0.1) is 0 Å². The Bertz CT molecular complexity index is 105. The normalized spacial score (nSPS) is 14.2. The average molecular weight is 156 g/mol. The minimum atomic E-state index is -0.754. The first kappa shape index (κ1) is 8.05. The maximum absolute atomic E-state index is 8.04. The molecule has 4 heteroatoms. The summed E-state index contributed by atoms with van der Waals surface area (Å²) in [7, 11) is 0. The van der Waals surface area contributed by atoms with Crippen molar-refractivity contribution in [3.05, 3.63) is 0 Å². The quantitative estimate of drug-likeness (QED) is 0.268. The van der Waals surface area contributed by atoms with Crippen LogP contribution in [0.4, 0.5) is 0 Å². The molecule has 0 aliphatic carbocycles. The molecule has 0 amide bonds. The van der Waals surface area contributed by atoms with Crippen molar-refractivity contribution in [3.63, 3.8) is 0 Å². The maximum atomic E-state index is 8.04. The molecule has 0 radical (unpaired) electrons. The Morgan fingerprint density at radius 3 is 2.00 bits per heavy atom. The first-order chi connectivity index (χ1) is 3.48. The van der Waals surface area contributed by atoms with Gasteiger partial charge in [-0.15, -0.1) is 11.6 Å². The maximum Gasteiger partial charge on any atom is 0.165 e. The van der Waals surface area contributed by atoms with Gasteiger partial charge in [0.25, 0.3) is 0 Å². The van der Waals surface area contributed by atoms with E-state index in [1.807, 2.05) is 0 Å². The van der Waals surface area contributed by atoms with Crippen LogP contribution in [0.25, 0.3) is 0 Å². The molecule has 0 bridgehead atoms. The summed E-state index contributed by atoms with van der Waals surface area (Å²) >= 11 is 10.9. The monoisotopic (exact) mass is 155 g/mol. The lowest BCUT2D eigenvalue weighted by Crippen LogP contribution is -2.19. The zero-order chi connectivity index (χ0) is 6.78. The number of rotatable bonds is 1. The van der Waals surface area contributed by atoms with Crippen molar-refractivity contribution in [2.75, 3.05) is 0 Å². The van der Waals surface area contributed by atoms with Crippen molar-refractivity contribution in [2.24, 2.45) is 5.16 Å². The highest BCUT2D eigenvalue weighted by molar-refractivity contribution is 6.72. The molecule has 0 rings (SSSR count). The van der Waals surface area contributed by atoms with Crippen LogP contribution in [-0.2, 0) is 0 Å². The van der Waals surface area contributed by atoms with E-state index in [1.165, 1.54) is 0 Å². The van der Waals surface area contributed by atoms with Gasteiger partial charge in [0.2, 0.25) is 0 Å². The summed E-state index contributed by atoms with van der Waals surface area (Å²) in [6, 6.07) is 0. The number of halogens is 2. The Kier molecular flexibility index (Phi) is 2.57. The molecule has 0 aliphatic heterocycles. The van der Waals surface area contributed by atoms with Crippen molar-refractivity contribution in [1.82, 2.24) is 0 Å². The summed E-state index contributed by atoms with van der Waals surface area (Å²) in [5, 5.41) is 10.8. The van der Waals surface area contributed by atoms with Crippen molar-refractivity contribution >= 4 is 28.4 Å². The van der Waals surface area contributed by atoms with Crippen LogP contribution < -0.4 is 0 Å². The lowest BCUT2D eigenvalue weighted by Gasteiger charge is -2.09. The van der Waals surface area contributed by atoms with Gasteiger partial charge in [0, 0.05) is 0 Å². The largest absolute Gasteiger partial charge is 0.410 e. The molecule has 8 heavy (non-hydrogen) atoms. The van der Waals surface area contributed by atoms with Crippen molar-refractivity contribution in [2.45, 2.75) is 18.7 Å². The zero-order valence-corrected chi connectivity index (χ0v) is 6.16. The van der Waals surface area contributed by atoms with Gasteiger partial charge in [-0.25, -0.2) is 0 Å². The van der Waals surface area contributed by atoms with E-state index in [4.69, 9.17) is 28.4 Å².